The van der Waals surface area contributed by atoms with E-state index >= 15 is 0 Å². The molecule has 1 aliphatic heterocycles. The van der Waals surface area contributed by atoms with Crippen molar-refractivity contribution in [1.29, 1.82) is 0 Å². The Kier molecular flexibility index (Phi) is 5.10. The molecule has 5 rings (SSSR count). The average molecular weight is 421 g/mol. The molecule has 0 N–H and O–H groups in total. The minimum Gasteiger partial charge on any atom is -0.355 e. The number of nitrogens with zero attached hydrogens (tertiary/aromatic N) is 5. The van der Waals surface area contributed by atoms with E-state index in [1.54, 1.807) is 29.8 Å². The largest absolute Gasteiger partial charge is 0.355 e. The highest BCUT2D eigenvalue weighted by molar-refractivity contribution is 7.08. The number of hydrogen-bond acceptors (Lipinski definition) is 8. The van der Waals surface area contributed by atoms with E-state index in [0.29, 0.717) is 42.7 Å². The van der Waals surface area contributed by atoms with Gasteiger partial charge in [0.1, 0.15) is 0 Å². The summed E-state index contributed by atoms with van der Waals surface area (Å²) < 4.78 is 10.8. The Morgan fingerprint density at radius 3 is 3.03 bits per heavy atom. The van der Waals surface area contributed by atoms with Crippen LogP contribution in [0.3, 0.4) is 0 Å². The second-order valence-corrected chi connectivity index (χ2v) is 8.09. The van der Waals surface area contributed by atoms with Crippen LogP contribution in [0.25, 0.3) is 22.7 Å². The Bertz CT molecular complexity index is 1120. The molecule has 0 aliphatic carbocycles. The first-order chi connectivity index (χ1) is 14.8. The van der Waals surface area contributed by atoms with Crippen LogP contribution >= 0.6 is 11.3 Å². The Labute approximate surface area is 176 Å². The monoisotopic (exact) mass is 421 g/mol. The van der Waals surface area contributed by atoms with Crippen LogP contribution in [0, 0.1) is 5.92 Å². The number of piperidine rings is 1. The fourth-order valence-corrected chi connectivity index (χ4v) is 4.33. The fourth-order valence-electron chi connectivity index (χ4n) is 3.69. The third kappa shape index (κ3) is 3.88. The number of pyridine rings is 1. The molecular weight excluding hydrogens is 402 g/mol. The number of carbonyl (C=O) groups excluding carboxylic acids is 1. The topological polar surface area (TPSA) is 98.2 Å². The summed E-state index contributed by atoms with van der Waals surface area (Å²) in [5.41, 5.74) is 2.07. The van der Waals surface area contributed by atoms with E-state index in [0.717, 1.165) is 24.0 Å². The predicted octanol–water partition coefficient (Wildman–Crippen LogP) is 3.94. The lowest BCUT2D eigenvalue weighted by Crippen LogP contribution is -2.40. The molecule has 1 aliphatic rings. The van der Waals surface area contributed by atoms with Gasteiger partial charge in [-0.15, -0.1) is 0 Å². The van der Waals surface area contributed by atoms with Gasteiger partial charge in [-0.2, -0.15) is 16.3 Å². The number of aromatic nitrogens is 4. The lowest BCUT2D eigenvalue weighted by atomic mass is 9.94. The average Bonchev–Trinajstić information content (AvgIpc) is 3.55. The zero-order chi connectivity index (χ0) is 20.3. The Hall–Kier alpha value is -3.33. The van der Waals surface area contributed by atoms with Gasteiger partial charge in [0.25, 0.3) is 5.91 Å². The molecule has 0 spiro atoms. The maximum Gasteiger partial charge on any atom is 0.276 e. The summed E-state index contributed by atoms with van der Waals surface area (Å²) in [5.74, 6) is 1.90. The maximum atomic E-state index is 12.9. The van der Waals surface area contributed by atoms with Gasteiger partial charge in [0.2, 0.25) is 11.7 Å². The van der Waals surface area contributed by atoms with Crippen molar-refractivity contribution in [3.63, 3.8) is 0 Å². The van der Waals surface area contributed by atoms with Gasteiger partial charge in [-0.25, -0.2) is 0 Å². The predicted molar refractivity (Wildman–Crippen MR) is 110 cm³/mol. The smallest absolute Gasteiger partial charge is 0.276 e. The molecule has 4 aromatic rings. The molecule has 0 aromatic carbocycles. The van der Waals surface area contributed by atoms with Gasteiger partial charge in [0, 0.05) is 54.5 Å². The molecule has 0 bridgehead atoms. The molecule has 1 atom stereocenters. The maximum absolute atomic E-state index is 12.9. The van der Waals surface area contributed by atoms with Crippen LogP contribution < -0.4 is 0 Å². The summed E-state index contributed by atoms with van der Waals surface area (Å²) in [7, 11) is 0. The standard InChI is InChI=1S/C21H19N5O3S/c27-21(17-10-18(28-24-17)15-4-1-6-22-11-15)26-7-2-3-14(12-26)9-19-23-20(25-29-19)16-5-8-30-13-16/h1,4-6,8,10-11,13-14H,2-3,7,9,12H2. The van der Waals surface area contributed by atoms with Gasteiger partial charge < -0.3 is 13.9 Å². The molecule has 9 heteroatoms. The van der Waals surface area contributed by atoms with Gasteiger partial charge in [-0.05, 0) is 42.3 Å². The van der Waals surface area contributed by atoms with E-state index < -0.39 is 0 Å². The minimum atomic E-state index is -0.122. The Morgan fingerprint density at radius 2 is 2.20 bits per heavy atom. The van der Waals surface area contributed by atoms with Crippen LogP contribution in [0.5, 0.6) is 0 Å². The summed E-state index contributed by atoms with van der Waals surface area (Å²) >= 11 is 1.60. The molecule has 152 valence electrons. The molecule has 1 saturated heterocycles. The zero-order valence-electron chi connectivity index (χ0n) is 16.1. The fraction of sp³-hybridized carbons (Fsp3) is 0.286. The van der Waals surface area contributed by atoms with Crippen LogP contribution in [-0.2, 0) is 6.42 Å². The van der Waals surface area contributed by atoms with Crippen LogP contribution in [0.15, 0.2) is 56.5 Å². The summed E-state index contributed by atoms with van der Waals surface area (Å²) in [5, 5.41) is 12.0. The van der Waals surface area contributed by atoms with Crippen molar-refractivity contribution < 1.29 is 13.8 Å². The Balaban J connectivity index is 1.24. The highest BCUT2D eigenvalue weighted by atomic mass is 32.1. The van der Waals surface area contributed by atoms with Crippen LogP contribution in [0.1, 0.15) is 29.2 Å². The number of rotatable bonds is 5. The number of hydrogen-bond donors (Lipinski definition) is 0. The van der Waals surface area contributed by atoms with Gasteiger partial charge in [0.05, 0.1) is 0 Å². The third-order valence-electron chi connectivity index (χ3n) is 5.19. The van der Waals surface area contributed by atoms with Gasteiger partial charge in [-0.3, -0.25) is 9.78 Å². The molecule has 1 unspecified atom stereocenters. The van der Waals surface area contributed by atoms with Crippen molar-refractivity contribution in [3.05, 3.63) is 59.0 Å². The summed E-state index contributed by atoms with van der Waals surface area (Å²) in [6.07, 6.45) is 5.96. The summed E-state index contributed by atoms with van der Waals surface area (Å²) in [6.45, 7) is 1.33. The van der Waals surface area contributed by atoms with Crippen molar-refractivity contribution in [2.45, 2.75) is 19.3 Å². The van der Waals surface area contributed by atoms with E-state index in [1.165, 1.54) is 0 Å². The quantitative estimate of drug-likeness (QED) is 0.481. The van der Waals surface area contributed by atoms with E-state index in [9.17, 15) is 4.79 Å². The molecule has 0 saturated carbocycles. The van der Waals surface area contributed by atoms with E-state index in [4.69, 9.17) is 9.05 Å². The van der Waals surface area contributed by atoms with Gasteiger partial charge in [-0.1, -0.05) is 10.3 Å². The number of likely N-dealkylation sites (tertiary alicyclic amines) is 1. The van der Waals surface area contributed by atoms with Crippen molar-refractivity contribution >= 4 is 17.2 Å². The van der Waals surface area contributed by atoms with Crippen LogP contribution in [-0.4, -0.2) is 44.2 Å². The number of carbonyl (C=O) groups is 1. The van der Waals surface area contributed by atoms with Gasteiger partial charge in [0.15, 0.2) is 11.5 Å². The lowest BCUT2D eigenvalue weighted by Gasteiger charge is -2.31. The lowest BCUT2D eigenvalue weighted by molar-refractivity contribution is 0.0658. The van der Waals surface area contributed by atoms with E-state index in [1.807, 2.05) is 33.9 Å². The molecule has 4 aromatic heterocycles. The third-order valence-corrected chi connectivity index (χ3v) is 5.88. The highest BCUT2D eigenvalue weighted by Gasteiger charge is 2.28. The second kappa shape index (κ2) is 8.19. The molecule has 1 fully saturated rings. The summed E-state index contributed by atoms with van der Waals surface area (Å²) in [4.78, 5) is 23.3. The molecule has 1 amide bonds. The van der Waals surface area contributed by atoms with Crippen molar-refractivity contribution in [1.82, 2.24) is 25.2 Å². The van der Waals surface area contributed by atoms with Crippen LogP contribution in [0.4, 0.5) is 0 Å². The highest BCUT2D eigenvalue weighted by Crippen LogP contribution is 2.25. The molecular formula is C21H19N5O3S. The van der Waals surface area contributed by atoms with Crippen LogP contribution in [0.2, 0.25) is 0 Å². The first-order valence-corrected chi connectivity index (χ1v) is 10.7. The molecule has 8 nitrogen and oxygen atoms in total. The van der Waals surface area contributed by atoms with Crippen molar-refractivity contribution in [2.75, 3.05) is 13.1 Å². The molecule has 0 radical (unpaired) electrons. The first kappa shape index (κ1) is 18.7. The number of amides is 1. The molecule has 30 heavy (non-hydrogen) atoms. The van der Waals surface area contributed by atoms with Crippen molar-refractivity contribution in [2.24, 2.45) is 5.92 Å². The minimum absolute atomic E-state index is 0.122. The summed E-state index contributed by atoms with van der Waals surface area (Å²) in [6, 6.07) is 7.33. The first-order valence-electron chi connectivity index (χ1n) is 9.78. The number of thiophene rings is 1. The zero-order valence-corrected chi connectivity index (χ0v) is 16.9. The van der Waals surface area contributed by atoms with Crippen molar-refractivity contribution in [3.8, 4) is 22.7 Å². The normalized spacial score (nSPS) is 16.7. The van der Waals surface area contributed by atoms with Gasteiger partial charge >= 0.3 is 0 Å². The molecule has 5 heterocycles. The Morgan fingerprint density at radius 1 is 1.23 bits per heavy atom. The van der Waals surface area contributed by atoms with E-state index in [-0.39, 0.29) is 11.8 Å². The second-order valence-electron chi connectivity index (χ2n) is 7.31. The van der Waals surface area contributed by atoms with E-state index in [2.05, 4.69) is 20.3 Å². The SMILES string of the molecule is O=C(c1cc(-c2cccnc2)on1)N1CCCC(Cc2nc(-c3ccsc3)no2)C1.